The molecule has 7 nitrogen and oxygen atoms in total. The highest BCUT2D eigenvalue weighted by Crippen LogP contribution is 2.35. The number of amides is 3. The van der Waals surface area contributed by atoms with Crippen molar-refractivity contribution in [3.8, 4) is 0 Å². The molecular formula is C31H27N3O4. The summed E-state index contributed by atoms with van der Waals surface area (Å²) in [5.74, 6) is -0.622. The molecule has 0 radical (unpaired) electrons. The van der Waals surface area contributed by atoms with Crippen LogP contribution in [0.25, 0.3) is 0 Å². The van der Waals surface area contributed by atoms with Gasteiger partial charge in [0.15, 0.2) is 12.1 Å². The van der Waals surface area contributed by atoms with E-state index in [1.54, 1.807) is 60.7 Å². The monoisotopic (exact) mass is 505 g/mol. The van der Waals surface area contributed by atoms with E-state index in [4.69, 9.17) is 4.74 Å². The van der Waals surface area contributed by atoms with Crippen LogP contribution in [0.5, 0.6) is 0 Å². The second kappa shape index (κ2) is 11.0. The van der Waals surface area contributed by atoms with Crippen LogP contribution in [0.1, 0.15) is 33.2 Å². The maximum Gasteiger partial charge on any atom is 0.411 e. The summed E-state index contributed by atoms with van der Waals surface area (Å²) in [5.41, 5.74) is 4.26. The fraction of sp³-hybridized carbons (Fsp3) is 0.129. The molecule has 190 valence electrons. The minimum Gasteiger partial charge on any atom is -0.438 e. The van der Waals surface area contributed by atoms with Crippen LogP contribution in [0.2, 0.25) is 0 Å². The van der Waals surface area contributed by atoms with E-state index < -0.39 is 18.2 Å². The molecule has 0 unspecified atom stereocenters. The molecule has 0 aromatic heterocycles. The smallest absolute Gasteiger partial charge is 0.411 e. The number of rotatable bonds is 7. The topological polar surface area (TPSA) is 87.7 Å². The standard InChI is InChI=1S/C31H27N3O4/c1-21-15-17-22(18-16-21)20-34-27(30(36)32-25-12-6-3-7-13-25)28(38-31(34)37)24-11-8-14-26(19-24)33-29(35)23-9-4-2-5-10-23/h2-19,27-28H,20H2,1H3,(H,32,36)(H,33,35)/t27-,28-/m0/s1. The Hall–Kier alpha value is -4.91. The summed E-state index contributed by atoms with van der Waals surface area (Å²) in [6.45, 7) is 2.20. The average Bonchev–Trinajstić information content (AvgIpc) is 3.27. The number of ether oxygens (including phenoxy) is 1. The van der Waals surface area contributed by atoms with Crippen LogP contribution >= 0.6 is 0 Å². The van der Waals surface area contributed by atoms with E-state index in [-0.39, 0.29) is 18.4 Å². The molecule has 0 bridgehead atoms. The molecule has 0 spiro atoms. The van der Waals surface area contributed by atoms with Crippen molar-refractivity contribution in [3.63, 3.8) is 0 Å². The number of para-hydroxylation sites is 1. The Morgan fingerprint density at radius 1 is 0.789 bits per heavy atom. The number of anilines is 2. The first-order valence-corrected chi connectivity index (χ1v) is 12.3. The van der Waals surface area contributed by atoms with Crippen molar-refractivity contribution in [1.82, 2.24) is 4.90 Å². The molecule has 4 aromatic rings. The number of nitrogens with one attached hydrogen (secondary N) is 2. The van der Waals surface area contributed by atoms with Crippen molar-refractivity contribution in [2.75, 3.05) is 10.6 Å². The van der Waals surface area contributed by atoms with Gasteiger partial charge in [0.25, 0.3) is 11.8 Å². The van der Waals surface area contributed by atoms with Crippen molar-refractivity contribution in [1.29, 1.82) is 0 Å². The fourth-order valence-electron chi connectivity index (χ4n) is 4.42. The Balaban J connectivity index is 1.44. The average molecular weight is 506 g/mol. The van der Waals surface area contributed by atoms with Gasteiger partial charge in [0, 0.05) is 16.9 Å². The second-order valence-corrected chi connectivity index (χ2v) is 9.16. The van der Waals surface area contributed by atoms with E-state index in [1.807, 2.05) is 55.5 Å². The Kier molecular flexibility index (Phi) is 7.17. The predicted molar refractivity (Wildman–Crippen MR) is 146 cm³/mol. The number of carbonyl (C=O) groups is 3. The zero-order valence-electron chi connectivity index (χ0n) is 20.8. The molecule has 1 saturated heterocycles. The molecule has 1 heterocycles. The third-order valence-electron chi connectivity index (χ3n) is 6.38. The van der Waals surface area contributed by atoms with Crippen molar-refractivity contribution in [3.05, 3.63) is 131 Å². The summed E-state index contributed by atoms with van der Waals surface area (Å²) >= 11 is 0. The van der Waals surface area contributed by atoms with E-state index in [1.165, 1.54) is 4.90 Å². The molecule has 3 amide bonds. The molecule has 5 rings (SSSR count). The quantitative estimate of drug-likeness (QED) is 0.325. The number of benzene rings is 4. The number of cyclic esters (lactones) is 1. The van der Waals surface area contributed by atoms with Gasteiger partial charge in [-0.2, -0.15) is 0 Å². The van der Waals surface area contributed by atoms with Crippen LogP contribution in [-0.4, -0.2) is 28.8 Å². The minimum atomic E-state index is -0.927. The summed E-state index contributed by atoms with van der Waals surface area (Å²) in [4.78, 5) is 40.8. The van der Waals surface area contributed by atoms with Crippen LogP contribution in [-0.2, 0) is 16.1 Å². The number of hydrogen-bond donors (Lipinski definition) is 2. The SMILES string of the molecule is Cc1ccc(CN2C(=O)O[C@@H](c3cccc(NC(=O)c4ccccc4)c3)[C@H]2C(=O)Nc2ccccc2)cc1. The molecule has 7 heteroatoms. The molecular weight excluding hydrogens is 478 g/mol. The number of hydrogen-bond acceptors (Lipinski definition) is 4. The first-order valence-electron chi connectivity index (χ1n) is 12.3. The van der Waals surface area contributed by atoms with Gasteiger partial charge < -0.3 is 15.4 Å². The van der Waals surface area contributed by atoms with E-state index in [0.29, 0.717) is 22.5 Å². The molecule has 38 heavy (non-hydrogen) atoms. The lowest BCUT2D eigenvalue weighted by atomic mass is 9.99. The van der Waals surface area contributed by atoms with Crippen molar-refractivity contribution >= 4 is 29.3 Å². The molecule has 1 fully saturated rings. The zero-order valence-corrected chi connectivity index (χ0v) is 20.8. The molecule has 0 aliphatic carbocycles. The number of aryl methyl sites for hydroxylation is 1. The maximum atomic E-state index is 13.6. The van der Waals surface area contributed by atoms with Crippen LogP contribution in [0, 0.1) is 6.92 Å². The van der Waals surface area contributed by atoms with Gasteiger partial charge in [0.2, 0.25) is 0 Å². The van der Waals surface area contributed by atoms with Crippen LogP contribution < -0.4 is 10.6 Å². The van der Waals surface area contributed by atoms with E-state index in [9.17, 15) is 14.4 Å². The summed E-state index contributed by atoms with van der Waals surface area (Å²) in [7, 11) is 0. The largest absolute Gasteiger partial charge is 0.438 e. The molecule has 0 saturated carbocycles. The molecule has 2 N–H and O–H groups in total. The molecule has 1 aliphatic rings. The highest BCUT2D eigenvalue weighted by Gasteiger charge is 2.47. The first kappa shape index (κ1) is 24.8. The van der Waals surface area contributed by atoms with E-state index in [2.05, 4.69) is 10.6 Å². The third kappa shape index (κ3) is 5.57. The summed E-state index contributed by atoms with van der Waals surface area (Å²) in [5, 5.41) is 5.79. The highest BCUT2D eigenvalue weighted by molar-refractivity contribution is 6.04. The molecule has 2 atom stereocenters. The van der Waals surface area contributed by atoms with Crippen LogP contribution in [0.15, 0.2) is 109 Å². The van der Waals surface area contributed by atoms with Crippen molar-refractivity contribution < 1.29 is 19.1 Å². The normalized spacial score (nSPS) is 16.6. The van der Waals surface area contributed by atoms with E-state index in [0.717, 1.165) is 11.1 Å². The lowest BCUT2D eigenvalue weighted by Crippen LogP contribution is -2.43. The minimum absolute atomic E-state index is 0.215. The van der Waals surface area contributed by atoms with Gasteiger partial charge in [0.1, 0.15) is 0 Å². The highest BCUT2D eigenvalue weighted by atomic mass is 16.6. The predicted octanol–water partition coefficient (Wildman–Crippen LogP) is 5.95. The molecule has 4 aromatic carbocycles. The van der Waals surface area contributed by atoms with Crippen molar-refractivity contribution in [2.45, 2.75) is 25.6 Å². The summed E-state index contributed by atoms with van der Waals surface area (Å²) in [6.07, 6.45) is -1.45. The second-order valence-electron chi connectivity index (χ2n) is 9.16. The number of nitrogens with zero attached hydrogens (tertiary/aromatic N) is 1. The van der Waals surface area contributed by atoms with Gasteiger partial charge in [-0.05, 0) is 54.4 Å². The Bertz CT molecular complexity index is 1440. The summed E-state index contributed by atoms with van der Waals surface area (Å²) < 4.78 is 5.79. The lowest BCUT2D eigenvalue weighted by molar-refractivity contribution is -0.121. The molecule has 1 aliphatic heterocycles. The van der Waals surface area contributed by atoms with Gasteiger partial charge in [-0.1, -0.05) is 78.4 Å². The van der Waals surface area contributed by atoms with Gasteiger partial charge in [-0.3, -0.25) is 14.5 Å². The Labute approximate surface area is 221 Å². The maximum absolute atomic E-state index is 13.6. The number of carbonyl (C=O) groups excluding carboxylic acids is 3. The summed E-state index contributed by atoms with van der Waals surface area (Å²) in [6, 6.07) is 31.9. The fourth-order valence-corrected chi connectivity index (χ4v) is 4.42. The Morgan fingerprint density at radius 2 is 1.45 bits per heavy atom. The van der Waals surface area contributed by atoms with Gasteiger partial charge in [-0.25, -0.2) is 4.79 Å². The Morgan fingerprint density at radius 3 is 2.16 bits per heavy atom. The van der Waals surface area contributed by atoms with Gasteiger partial charge in [-0.15, -0.1) is 0 Å². The van der Waals surface area contributed by atoms with Gasteiger partial charge >= 0.3 is 6.09 Å². The lowest BCUT2D eigenvalue weighted by Gasteiger charge is -2.24. The zero-order chi connectivity index (χ0) is 26.5. The van der Waals surface area contributed by atoms with Crippen molar-refractivity contribution in [2.24, 2.45) is 0 Å². The van der Waals surface area contributed by atoms with Gasteiger partial charge in [0.05, 0.1) is 6.54 Å². The first-order chi connectivity index (χ1) is 18.5. The van der Waals surface area contributed by atoms with E-state index >= 15 is 0 Å². The third-order valence-corrected chi connectivity index (χ3v) is 6.38. The van der Waals surface area contributed by atoms with Crippen LogP contribution in [0.4, 0.5) is 16.2 Å². The van der Waals surface area contributed by atoms with Crippen LogP contribution in [0.3, 0.4) is 0 Å².